The molecule has 1 aromatic rings. The number of halogens is 2. The minimum Gasteiger partial charge on any atom is -0.310 e. The van der Waals surface area contributed by atoms with Gasteiger partial charge in [-0.3, -0.25) is 0 Å². The van der Waals surface area contributed by atoms with E-state index in [-0.39, 0.29) is 0 Å². The topological polar surface area (TPSA) is 12.0 Å². The van der Waals surface area contributed by atoms with Gasteiger partial charge >= 0.3 is 0 Å². The molecule has 0 amide bonds. The molecule has 3 heteroatoms. The predicted octanol–water partition coefficient (Wildman–Crippen LogP) is 4.41. The zero-order chi connectivity index (χ0) is 11.4. The maximum absolute atomic E-state index is 6.02. The van der Waals surface area contributed by atoms with Crippen LogP contribution in [0.3, 0.4) is 0 Å². The molecule has 0 aliphatic rings. The Morgan fingerprint density at radius 3 is 2.60 bits per heavy atom. The van der Waals surface area contributed by atoms with E-state index in [1.165, 1.54) is 5.56 Å². The lowest BCUT2D eigenvalue weighted by Crippen LogP contribution is -2.25. The summed E-state index contributed by atoms with van der Waals surface area (Å²) in [5.74, 6) is 0.541. The molecule has 1 unspecified atom stereocenters. The van der Waals surface area contributed by atoms with E-state index in [4.69, 9.17) is 11.6 Å². The van der Waals surface area contributed by atoms with Crippen LogP contribution < -0.4 is 5.32 Å². The van der Waals surface area contributed by atoms with Crippen LogP contribution in [0.2, 0.25) is 5.02 Å². The minimum atomic E-state index is 0.350. The van der Waals surface area contributed by atoms with Crippen molar-refractivity contribution in [3.05, 3.63) is 33.3 Å². The maximum Gasteiger partial charge on any atom is 0.0410 e. The van der Waals surface area contributed by atoms with Crippen LogP contribution in [0, 0.1) is 5.92 Å². The second-order valence-electron chi connectivity index (χ2n) is 3.95. The van der Waals surface area contributed by atoms with E-state index in [0.717, 1.165) is 16.0 Å². The normalized spacial score (nSPS) is 13.2. The van der Waals surface area contributed by atoms with Crippen molar-refractivity contribution in [1.82, 2.24) is 5.32 Å². The fraction of sp³-hybridized carbons (Fsp3) is 0.500. The van der Waals surface area contributed by atoms with Gasteiger partial charge in [0.1, 0.15) is 0 Å². The van der Waals surface area contributed by atoms with Crippen LogP contribution >= 0.6 is 27.5 Å². The van der Waals surface area contributed by atoms with E-state index < -0.39 is 0 Å². The molecule has 0 aliphatic heterocycles. The molecule has 1 rings (SSSR count). The molecule has 0 radical (unpaired) electrons. The average molecular weight is 291 g/mol. The minimum absolute atomic E-state index is 0.350. The van der Waals surface area contributed by atoms with E-state index in [1.807, 2.05) is 18.2 Å². The van der Waals surface area contributed by atoms with E-state index in [2.05, 4.69) is 42.0 Å². The molecule has 0 spiro atoms. The van der Waals surface area contributed by atoms with Crippen molar-refractivity contribution in [1.29, 1.82) is 0 Å². The maximum atomic E-state index is 6.02. The van der Waals surface area contributed by atoms with Crippen molar-refractivity contribution in [3.63, 3.8) is 0 Å². The Labute approximate surface area is 105 Å². The highest BCUT2D eigenvalue weighted by atomic mass is 79.9. The lowest BCUT2D eigenvalue weighted by Gasteiger charge is -2.23. The molecule has 1 N–H and O–H groups in total. The van der Waals surface area contributed by atoms with Crippen LogP contribution in [0.25, 0.3) is 0 Å². The van der Waals surface area contributed by atoms with Gasteiger partial charge in [-0.2, -0.15) is 0 Å². The lowest BCUT2D eigenvalue weighted by molar-refractivity contribution is 0.420. The average Bonchev–Trinajstić information content (AvgIpc) is 2.18. The molecule has 15 heavy (non-hydrogen) atoms. The van der Waals surface area contributed by atoms with Crippen LogP contribution in [0.5, 0.6) is 0 Å². The summed E-state index contributed by atoms with van der Waals surface area (Å²) in [5.41, 5.74) is 1.24. The van der Waals surface area contributed by atoms with Crippen LogP contribution in [-0.2, 0) is 0 Å². The highest BCUT2D eigenvalue weighted by molar-refractivity contribution is 9.10. The summed E-state index contributed by atoms with van der Waals surface area (Å²) in [4.78, 5) is 0. The Morgan fingerprint density at radius 1 is 1.40 bits per heavy atom. The molecule has 0 saturated heterocycles. The highest BCUT2D eigenvalue weighted by Gasteiger charge is 2.17. The molecule has 0 heterocycles. The smallest absolute Gasteiger partial charge is 0.0410 e. The van der Waals surface area contributed by atoms with Crippen LogP contribution in [0.1, 0.15) is 32.4 Å². The van der Waals surface area contributed by atoms with Crippen LogP contribution in [0.4, 0.5) is 0 Å². The van der Waals surface area contributed by atoms with Crippen molar-refractivity contribution in [2.45, 2.75) is 26.8 Å². The van der Waals surface area contributed by atoms with E-state index in [1.54, 1.807) is 0 Å². The summed E-state index contributed by atoms with van der Waals surface area (Å²) in [5, 5.41) is 4.27. The van der Waals surface area contributed by atoms with Crippen LogP contribution in [-0.4, -0.2) is 6.54 Å². The highest BCUT2D eigenvalue weighted by Crippen LogP contribution is 2.30. The molecule has 0 bridgehead atoms. The second kappa shape index (κ2) is 5.88. The van der Waals surface area contributed by atoms with Crippen molar-refractivity contribution in [3.8, 4) is 0 Å². The Bertz CT molecular complexity index is 325. The van der Waals surface area contributed by atoms with Crippen molar-refractivity contribution < 1.29 is 0 Å². The van der Waals surface area contributed by atoms with Crippen molar-refractivity contribution in [2.24, 2.45) is 5.92 Å². The third kappa shape index (κ3) is 3.47. The summed E-state index contributed by atoms with van der Waals surface area (Å²) in [7, 11) is 0. The standard InChI is InChI=1S/C12H17BrClN/c1-4-15-12(8(2)3)10-7-9(14)5-6-11(10)13/h5-8,12,15H,4H2,1-3H3. The van der Waals surface area contributed by atoms with Gasteiger partial charge in [-0.1, -0.05) is 48.3 Å². The van der Waals surface area contributed by atoms with Gasteiger partial charge in [0.25, 0.3) is 0 Å². The number of rotatable bonds is 4. The molecule has 84 valence electrons. The summed E-state index contributed by atoms with van der Waals surface area (Å²) in [6, 6.07) is 6.28. The quantitative estimate of drug-likeness (QED) is 0.866. The third-order valence-corrected chi connectivity index (χ3v) is 3.34. The second-order valence-corrected chi connectivity index (χ2v) is 5.24. The van der Waals surface area contributed by atoms with Gasteiger partial charge in [0, 0.05) is 15.5 Å². The number of nitrogens with one attached hydrogen (secondary N) is 1. The Morgan fingerprint density at radius 2 is 2.07 bits per heavy atom. The molecule has 1 nitrogen and oxygen atoms in total. The van der Waals surface area contributed by atoms with Gasteiger partial charge in [-0.15, -0.1) is 0 Å². The van der Waals surface area contributed by atoms with E-state index in [9.17, 15) is 0 Å². The molecule has 0 saturated carbocycles. The summed E-state index contributed by atoms with van der Waals surface area (Å²) in [6.45, 7) is 7.50. The largest absolute Gasteiger partial charge is 0.310 e. The number of benzene rings is 1. The zero-order valence-corrected chi connectivity index (χ0v) is 11.7. The zero-order valence-electron chi connectivity index (χ0n) is 9.35. The fourth-order valence-electron chi connectivity index (χ4n) is 1.68. The van der Waals surface area contributed by atoms with Gasteiger partial charge in [0.15, 0.2) is 0 Å². The van der Waals surface area contributed by atoms with Crippen LogP contribution in [0.15, 0.2) is 22.7 Å². The van der Waals surface area contributed by atoms with Gasteiger partial charge in [-0.05, 0) is 36.2 Å². The number of hydrogen-bond donors (Lipinski definition) is 1. The molecule has 0 aromatic heterocycles. The summed E-state index contributed by atoms with van der Waals surface area (Å²) >= 11 is 9.59. The first kappa shape index (κ1) is 13.0. The Kier molecular flexibility index (Phi) is 5.10. The van der Waals surface area contributed by atoms with Crippen molar-refractivity contribution in [2.75, 3.05) is 6.54 Å². The first-order valence-electron chi connectivity index (χ1n) is 5.24. The molecular weight excluding hydrogens is 273 g/mol. The van der Waals surface area contributed by atoms with E-state index >= 15 is 0 Å². The van der Waals surface area contributed by atoms with Gasteiger partial charge in [0.05, 0.1) is 0 Å². The monoisotopic (exact) mass is 289 g/mol. The SMILES string of the molecule is CCNC(c1cc(Cl)ccc1Br)C(C)C. The molecule has 0 fully saturated rings. The fourth-order valence-corrected chi connectivity index (χ4v) is 2.35. The molecule has 0 aliphatic carbocycles. The number of hydrogen-bond acceptors (Lipinski definition) is 1. The summed E-state index contributed by atoms with van der Waals surface area (Å²) in [6.07, 6.45) is 0. The molecule has 1 atom stereocenters. The lowest BCUT2D eigenvalue weighted by atomic mass is 9.96. The van der Waals surface area contributed by atoms with Gasteiger partial charge in [-0.25, -0.2) is 0 Å². The predicted molar refractivity (Wildman–Crippen MR) is 70.4 cm³/mol. The van der Waals surface area contributed by atoms with Gasteiger partial charge in [0.2, 0.25) is 0 Å². The Hall–Kier alpha value is -0.0500. The third-order valence-electron chi connectivity index (χ3n) is 2.38. The molecular formula is C12H17BrClN. The Balaban J connectivity index is 3.04. The van der Waals surface area contributed by atoms with Gasteiger partial charge < -0.3 is 5.32 Å². The first-order chi connectivity index (χ1) is 7.06. The first-order valence-corrected chi connectivity index (χ1v) is 6.41. The summed E-state index contributed by atoms with van der Waals surface area (Å²) < 4.78 is 1.12. The van der Waals surface area contributed by atoms with Crippen molar-refractivity contribution >= 4 is 27.5 Å². The molecule has 1 aromatic carbocycles. The van der Waals surface area contributed by atoms with E-state index in [0.29, 0.717) is 12.0 Å².